The van der Waals surface area contributed by atoms with Crippen molar-refractivity contribution < 1.29 is 13.2 Å². The van der Waals surface area contributed by atoms with Gasteiger partial charge >= 0.3 is 0 Å². The molecule has 146 valence electrons. The number of aryl methyl sites for hydroxylation is 1. The second kappa shape index (κ2) is 10.2. The van der Waals surface area contributed by atoms with Crippen molar-refractivity contribution >= 4 is 15.6 Å². The molecule has 26 heavy (non-hydrogen) atoms. The lowest BCUT2D eigenvalue weighted by atomic mass is 9.80. The molecule has 1 aromatic rings. The number of hydrogen-bond acceptors (Lipinski definition) is 3. The van der Waals surface area contributed by atoms with Gasteiger partial charge in [-0.1, -0.05) is 36.8 Å². The van der Waals surface area contributed by atoms with Crippen LogP contribution in [-0.4, -0.2) is 25.2 Å². The first-order valence-corrected chi connectivity index (χ1v) is 11.9. The van der Waals surface area contributed by atoms with E-state index in [9.17, 15) is 13.2 Å². The fraction of sp³-hybridized carbons (Fsp3) is 0.682. The third-order valence-electron chi connectivity index (χ3n) is 5.72. The highest BCUT2D eigenvalue weighted by Crippen LogP contribution is 2.31. The summed E-state index contributed by atoms with van der Waals surface area (Å²) in [7, 11) is -2.96. The van der Waals surface area contributed by atoms with Gasteiger partial charge in [0.1, 0.15) is 5.78 Å². The molecule has 1 saturated carbocycles. The van der Waals surface area contributed by atoms with E-state index in [-0.39, 0.29) is 17.1 Å². The molecule has 0 amide bonds. The molecule has 0 N–H and O–H groups in total. The Morgan fingerprint density at radius 2 is 1.65 bits per heavy atom. The van der Waals surface area contributed by atoms with Gasteiger partial charge < -0.3 is 0 Å². The van der Waals surface area contributed by atoms with Gasteiger partial charge in [0, 0.05) is 12.3 Å². The summed E-state index contributed by atoms with van der Waals surface area (Å²) in [6.45, 7) is 3.50. The summed E-state index contributed by atoms with van der Waals surface area (Å²) < 4.78 is 24.1. The van der Waals surface area contributed by atoms with E-state index >= 15 is 0 Å². The van der Waals surface area contributed by atoms with E-state index in [1.54, 1.807) is 13.8 Å². The second-order valence-electron chi connectivity index (χ2n) is 8.11. The van der Waals surface area contributed by atoms with Crippen LogP contribution in [0.1, 0.15) is 70.8 Å². The second-order valence-corrected chi connectivity index (χ2v) is 10.7. The van der Waals surface area contributed by atoms with Crippen LogP contribution in [0.15, 0.2) is 30.3 Å². The molecule has 0 aliphatic heterocycles. The normalized spacial score (nSPS) is 21.0. The number of Topliss-reactive ketones (excluding diaryl/α,β-unsaturated/α-hetero) is 1. The van der Waals surface area contributed by atoms with Crippen molar-refractivity contribution in [3.05, 3.63) is 35.9 Å². The van der Waals surface area contributed by atoms with Gasteiger partial charge in [0.05, 0.1) is 11.0 Å². The van der Waals surface area contributed by atoms with Gasteiger partial charge in [-0.25, -0.2) is 8.42 Å². The van der Waals surface area contributed by atoms with Gasteiger partial charge in [0.25, 0.3) is 0 Å². The van der Waals surface area contributed by atoms with E-state index < -0.39 is 9.84 Å². The van der Waals surface area contributed by atoms with Gasteiger partial charge in [0.2, 0.25) is 0 Å². The Morgan fingerprint density at radius 3 is 2.27 bits per heavy atom. The maximum absolute atomic E-state index is 12.4. The van der Waals surface area contributed by atoms with Gasteiger partial charge in [0.15, 0.2) is 9.84 Å². The number of benzene rings is 1. The molecule has 0 radical (unpaired) electrons. The number of ketones is 1. The summed E-state index contributed by atoms with van der Waals surface area (Å²) >= 11 is 0. The molecule has 0 unspecified atom stereocenters. The van der Waals surface area contributed by atoms with Crippen molar-refractivity contribution in [2.45, 2.75) is 76.9 Å². The minimum absolute atomic E-state index is 0.169. The quantitative estimate of drug-likeness (QED) is 0.539. The van der Waals surface area contributed by atoms with Crippen LogP contribution in [-0.2, 0) is 21.1 Å². The fourth-order valence-electron chi connectivity index (χ4n) is 3.83. The van der Waals surface area contributed by atoms with Crippen LogP contribution in [0.2, 0.25) is 0 Å². The van der Waals surface area contributed by atoms with Crippen LogP contribution < -0.4 is 0 Å². The first-order valence-electron chi connectivity index (χ1n) is 10.2. The average Bonchev–Trinajstić information content (AvgIpc) is 2.62. The molecule has 1 aromatic carbocycles. The number of rotatable bonds is 10. The van der Waals surface area contributed by atoms with E-state index in [4.69, 9.17) is 0 Å². The first kappa shape index (κ1) is 21.1. The van der Waals surface area contributed by atoms with Crippen LogP contribution in [0.4, 0.5) is 0 Å². The number of hydrogen-bond donors (Lipinski definition) is 0. The molecule has 0 heterocycles. The zero-order chi connectivity index (χ0) is 19.0. The number of carbonyl (C=O) groups excluding carboxylic acids is 1. The van der Waals surface area contributed by atoms with Crippen LogP contribution in [0, 0.1) is 11.8 Å². The maximum atomic E-state index is 12.4. The molecule has 1 aliphatic carbocycles. The molecule has 0 saturated heterocycles. The zero-order valence-corrected chi connectivity index (χ0v) is 17.1. The Bertz CT molecular complexity index is 641. The van der Waals surface area contributed by atoms with E-state index in [1.807, 2.05) is 6.07 Å². The minimum Gasteiger partial charge on any atom is -0.299 e. The van der Waals surface area contributed by atoms with E-state index in [0.717, 1.165) is 51.4 Å². The Kier molecular flexibility index (Phi) is 8.33. The fourth-order valence-corrected chi connectivity index (χ4v) is 5.20. The molecule has 0 atom stereocenters. The van der Waals surface area contributed by atoms with Crippen LogP contribution in [0.5, 0.6) is 0 Å². The number of sulfone groups is 1. The lowest BCUT2D eigenvalue weighted by Gasteiger charge is -2.28. The van der Waals surface area contributed by atoms with Gasteiger partial charge in [-0.05, 0) is 70.3 Å². The third-order valence-corrected chi connectivity index (χ3v) is 8.09. The van der Waals surface area contributed by atoms with Crippen LogP contribution in [0.25, 0.3) is 0 Å². The maximum Gasteiger partial charge on any atom is 0.152 e. The molecule has 0 aromatic heterocycles. The standard InChI is InChI=1S/C22H34O3S/c1-18(2)26(24,25)17-20-13-15-21(16-14-20)22(23)12-8-4-7-11-19-9-5-3-6-10-19/h3,5-6,9-10,18,20-21H,4,7-8,11-17H2,1-2H3. The lowest BCUT2D eigenvalue weighted by Crippen LogP contribution is -2.28. The summed E-state index contributed by atoms with van der Waals surface area (Å²) in [5.74, 6) is 1.11. The van der Waals surface area contributed by atoms with Gasteiger partial charge in [-0.15, -0.1) is 0 Å². The van der Waals surface area contributed by atoms with Crippen molar-refractivity contribution in [3.63, 3.8) is 0 Å². The SMILES string of the molecule is CC(C)S(=O)(=O)CC1CCC(C(=O)CCCCCc2ccccc2)CC1. The van der Waals surface area contributed by atoms with Crippen molar-refractivity contribution in [3.8, 4) is 0 Å². The van der Waals surface area contributed by atoms with Crippen molar-refractivity contribution in [2.75, 3.05) is 5.75 Å². The third kappa shape index (κ3) is 6.86. The van der Waals surface area contributed by atoms with E-state index in [0.29, 0.717) is 18.0 Å². The molecule has 1 fully saturated rings. The summed E-state index contributed by atoms with van der Waals surface area (Å²) in [6.07, 6.45) is 8.51. The van der Waals surface area contributed by atoms with E-state index in [2.05, 4.69) is 24.3 Å². The van der Waals surface area contributed by atoms with Crippen molar-refractivity contribution in [1.29, 1.82) is 0 Å². The number of carbonyl (C=O) groups is 1. The van der Waals surface area contributed by atoms with Crippen molar-refractivity contribution in [1.82, 2.24) is 0 Å². The minimum atomic E-state index is -2.96. The highest BCUT2D eigenvalue weighted by molar-refractivity contribution is 7.91. The van der Waals surface area contributed by atoms with Gasteiger partial charge in [-0.2, -0.15) is 0 Å². The van der Waals surface area contributed by atoms with Crippen LogP contribution >= 0.6 is 0 Å². The molecular formula is C22H34O3S. The molecule has 0 spiro atoms. The Labute approximate surface area is 159 Å². The predicted octanol–water partition coefficient (Wildman–Crippen LogP) is 4.99. The Hall–Kier alpha value is -1.16. The zero-order valence-electron chi connectivity index (χ0n) is 16.3. The average molecular weight is 379 g/mol. The predicted molar refractivity (Wildman–Crippen MR) is 108 cm³/mol. The Morgan fingerprint density at radius 1 is 1.00 bits per heavy atom. The molecule has 1 aliphatic rings. The largest absolute Gasteiger partial charge is 0.299 e. The van der Waals surface area contributed by atoms with E-state index in [1.165, 1.54) is 5.56 Å². The highest BCUT2D eigenvalue weighted by Gasteiger charge is 2.29. The molecular weight excluding hydrogens is 344 g/mol. The van der Waals surface area contributed by atoms with Crippen molar-refractivity contribution in [2.24, 2.45) is 11.8 Å². The highest BCUT2D eigenvalue weighted by atomic mass is 32.2. The summed E-state index contributed by atoms with van der Waals surface area (Å²) in [5, 5.41) is -0.294. The first-order chi connectivity index (χ1) is 12.4. The lowest BCUT2D eigenvalue weighted by molar-refractivity contribution is -0.124. The number of unbranched alkanes of at least 4 members (excludes halogenated alkanes) is 2. The molecule has 3 nitrogen and oxygen atoms in total. The summed E-state index contributed by atoms with van der Waals surface area (Å²) in [5.41, 5.74) is 1.37. The van der Waals surface area contributed by atoms with Gasteiger partial charge in [-0.3, -0.25) is 4.79 Å². The van der Waals surface area contributed by atoms with Crippen LogP contribution in [0.3, 0.4) is 0 Å². The smallest absolute Gasteiger partial charge is 0.152 e. The summed E-state index contributed by atoms with van der Waals surface area (Å²) in [6, 6.07) is 10.5. The molecule has 0 bridgehead atoms. The molecule has 2 rings (SSSR count). The molecule has 4 heteroatoms. The Balaban J connectivity index is 1.61. The summed E-state index contributed by atoms with van der Waals surface area (Å²) in [4.78, 5) is 12.4. The topological polar surface area (TPSA) is 51.2 Å². The monoisotopic (exact) mass is 378 g/mol.